The van der Waals surface area contributed by atoms with Crippen LogP contribution in [0.3, 0.4) is 0 Å². The molecule has 0 bridgehead atoms. The first-order valence-corrected chi connectivity index (χ1v) is 8.35. The molecule has 0 atom stereocenters. The fourth-order valence-electron chi connectivity index (χ4n) is 2.09. The van der Waals surface area contributed by atoms with E-state index in [1.807, 2.05) is 6.92 Å². The van der Waals surface area contributed by atoms with Gasteiger partial charge in [0, 0.05) is 22.1 Å². The van der Waals surface area contributed by atoms with Gasteiger partial charge in [0.1, 0.15) is 5.82 Å². The number of hydrogen-bond donors (Lipinski definition) is 1. The van der Waals surface area contributed by atoms with Crippen molar-refractivity contribution in [2.45, 2.75) is 13.5 Å². The van der Waals surface area contributed by atoms with Gasteiger partial charge >= 0.3 is 0 Å². The predicted octanol–water partition coefficient (Wildman–Crippen LogP) is 4.58. The lowest BCUT2D eigenvalue weighted by molar-refractivity contribution is 0.0950. The highest BCUT2D eigenvalue weighted by Crippen LogP contribution is 2.36. The molecule has 0 aliphatic rings. The lowest BCUT2D eigenvalue weighted by atomic mass is 10.1. The molecule has 24 heavy (non-hydrogen) atoms. The van der Waals surface area contributed by atoms with Crippen LogP contribution in [-0.4, -0.2) is 19.6 Å². The number of carbonyl (C=O) groups is 1. The largest absolute Gasteiger partial charge is 0.493 e. The molecule has 4 nitrogen and oxygen atoms in total. The zero-order valence-corrected chi connectivity index (χ0v) is 15.5. The van der Waals surface area contributed by atoms with Gasteiger partial charge in [-0.2, -0.15) is 0 Å². The number of methoxy groups -OCH3 is 1. The minimum Gasteiger partial charge on any atom is -0.493 e. The highest BCUT2D eigenvalue weighted by atomic mass is 79.9. The van der Waals surface area contributed by atoms with Crippen LogP contribution in [0.5, 0.6) is 11.5 Å². The van der Waals surface area contributed by atoms with Crippen LogP contribution < -0.4 is 14.8 Å². The topological polar surface area (TPSA) is 47.6 Å². The molecule has 0 aliphatic heterocycles. The van der Waals surface area contributed by atoms with Gasteiger partial charge in [0.15, 0.2) is 11.5 Å². The Morgan fingerprint density at radius 3 is 2.75 bits per heavy atom. The van der Waals surface area contributed by atoms with Crippen molar-refractivity contribution < 1.29 is 18.7 Å². The molecule has 2 aromatic rings. The summed E-state index contributed by atoms with van der Waals surface area (Å²) in [5.41, 5.74) is 0.678. The summed E-state index contributed by atoms with van der Waals surface area (Å²) in [6.45, 7) is 2.30. The summed E-state index contributed by atoms with van der Waals surface area (Å²) in [6, 6.07) is 7.56. The number of amides is 1. The highest BCUT2D eigenvalue weighted by Gasteiger charge is 2.16. The van der Waals surface area contributed by atoms with Gasteiger partial charge in [-0.05, 0) is 37.3 Å². The van der Waals surface area contributed by atoms with Crippen LogP contribution in [0.1, 0.15) is 22.8 Å². The van der Waals surface area contributed by atoms with E-state index in [-0.39, 0.29) is 17.4 Å². The SMILES string of the molecule is CCOc1c(Cl)cc(C(=O)NCc2cc(Br)ccc2F)cc1OC. The maximum Gasteiger partial charge on any atom is 0.251 e. The summed E-state index contributed by atoms with van der Waals surface area (Å²) in [5, 5.41) is 2.93. The van der Waals surface area contributed by atoms with Gasteiger partial charge in [-0.3, -0.25) is 4.79 Å². The second-order valence-corrected chi connectivity index (χ2v) is 6.16. The van der Waals surface area contributed by atoms with Crippen molar-refractivity contribution in [3.63, 3.8) is 0 Å². The second-order valence-electron chi connectivity index (χ2n) is 4.84. The second kappa shape index (κ2) is 8.35. The smallest absolute Gasteiger partial charge is 0.251 e. The molecule has 0 aliphatic carbocycles. The maximum absolute atomic E-state index is 13.7. The number of nitrogens with one attached hydrogen (secondary N) is 1. The number of rotatable bonds is 6. The van der Waals surface area contributed by atoms with E-state index in [1.54, 1.807) is 12.1 Å². The quantitative estimate of drug-likeness (QED) is 0.750. The van der Waals surface area contributed by atoms with Crippen molar-refractivity contribution in [3.8, 4) is 11.5 Å². The van der Waals surface area contributed by atoms with Crippen LogP contribution >= 0.6 is 27.5 Å². The Morgan fingerprint density at radius 1 is 1.33 bits per heavy atom. The Hall–Kier alpha value is -1.79. The molecule has 0 saturated heterocycles. The highest BCUT2D eigenvalue weighted by molar-refractivity contribution is 9.10. The van der Waals surface area contributed by atoms with Crippen LogP contribution in [0.25, 0.3) is 0 Å². The monoisotopic (exact) mass is 415 g/mol. The van der Waals surface area contributed by atoms with Crippen LogP contribution in [0.15, 0.2) is 34.8 Å². The summed E-state index contributed by atoms with van der Waals surface area (Å²) in [5.74, 6) is -0.0298. The molecule has 0 saturated carbocycles. The number of hydrogen-bond acceptors (Lipinski definition) is 3. The molecule has 2 aromatic carbocycles. The normalized spacial score (nSPS) is 10.4. The van der Waals surface area contributed by atoms with Crippen molar-refractivity contribution in [1.29, 1.82) is 0 Å². The van der Waals surface area contributed by atoms with Crippen LogP contribution in [-0.2, 0) is 6.54 Å². The van der Waals surface area contributed by atoms with Crippen molar-refractivity contribution in [2.24, 2.45) is 0 Å². The van der Waals surface area contributed by atoms with Crippen molar-refractivity contribution in [2.75, 3.05) is 13.7 Å². The minimum absolute atomic E-state index is 0.0528. The standard InChI is InChI=1S/C17H16BrClFNO3/c1-3-24-16-13(19)7-10(8-15(16)23-2)17(22)21-9-11-6-12(18)4-5-14(11)20/h4-8H,3,9H2,1-2H3,(H,21,22). The third-order valence-corrected chi connectivity index (χ3v) is 4.00. The first-order chi connectivity index (χ1) is 11.5. The number of benzene rings is 2. The molecule has 2 rings (SSSR count). The van der Waals surface area contributed by atoms with E-state index in [9.17, 15) is 9.18 Å². The van der Waals surface area contributed by atoms with Gasteiger partial charge in [0.2, 0.25) is 0 Å². The molecule has 0 spiro atoms. The molecular formula is C17H16BrClFNO3. The van der Waals surface area contributed by atoms with Crippen molar-refractivity contribution >= 4 is 33.4 Å². The van der Waals surface area contributed by atoms with Crippen LogP contribution in [0.4, 0.5) is 4.39 Å². The summed E-state index contributed by atoms with van der Waals surface area (Å²) in [7, 11) is 1.47. The van der Waals surface area contributed by atoms with Gasteiger partial charge in [-0.15, -0.1) is 0 Å². The average molecular weight is 417 g/mol. The Labute approximate surface area is 153 Å². The Bertz CT molecular complexity index is 755. The van der Waals surface area contributed by atoms with E-state index in [0.717, 1.165) is 4.47 Å². The van der Waals surface area contributed by atoms with E-state index in [0.29, 0.717) is 29.2 Å². The summed E-state index contributed by atoms with van der Waals surface area (Å²) >= 11 is 9.42. The number of halogens is 3. The van der Waals surface area contributed by atoms with Crippen molar-refractivity contribution in [3.05, 3.63) is 56.8 Å². The summed E-state index contributed by atoms with van der Waals surface area (Å²) in [6.07, 6.45) is 0. The summed E-state index contributed by atoms with van der Waals surface area (Å²) in [4.78, 5) is 12.3. The van der Waals surface area contributed by atoms with Crippen molar-refractivity contribution in [1.82, 2.24) is 5.32 Å². The molecule has 0 unspecified atom stereocenters. The number of ether oxygens (including phenoxy) is 2. The predicted molar refractivity (Wildman–Crippen MR) is 94.4 cm³/mol. The van der Waals surface area contributed by atoms with Gasteiger partial charge < -0.3 is 14.8 Å². The third kappa shape index (κ3) is 4.39. The zero-order chi connectivity index (χ0) is 17.7. The van der Waals surface area contributed by atoms with Gasteiger partial charge in [0.25, 0.3) is 5.91 Å². The van der Waals surface area contributed by atoms with E-state index in [1.165, 1.54) is 25.3 Å². The fourth-order valence-corrected chi connectivity index (χ4v) is 2.77. The van der Waals surface area contributed by atoms with Gasteiger partial charge in [-0.25, -0.2) is 4.39 Å². The molecule has 0 radical (unpaired) electrons. The maximum atomic E-state index is 13.7. The molecular weight excluding hydrogens is 401 g/mol. The lowest BCUT2D eigenvalue weighted by Gasteiger charge is -2.13. The minimum atomic E-state index is -0.391. The van der Waals surface area contributed by atoms with Gasteiger partial charge in [-0.1, -0.05) is 27.5 Å². The zero-order valence-electron chi connectivity index (χ0n) is 13.2. The molecule has 1 amide bonds. The van der Waals surface area contributed by atoms with E-state index < -0.39 is 5.91 Å². The average Bonchev–Trinajstić information content (AvgIpc) is 2.57. The van der Waals surface area contributed by atoms with Gasteiger partial charge in [0.05, 0.1) is 18.7 Å². The molecule has 0 heterocycles. The Morgan fingerprint density at radius 2 is 2.08 bits per heavy atom. The van der Waals surface area contributed by atoms with E-state index in [4.69, 9.17) is 21.1 Å². The van der Waals surface area contributed by atoms with Crippen LogP contribution in [0.2, 0.25) is 5.02 Å². The molecule has 128 valence electrons. The molecule has 0 aromatic heterocycles. The first kappa shape index (κ1) is 18.5. The van der Waals surface area contributed by atoms with E-state index >= 15 is 0 Å². The first-order valence-electron chi connectivity index (χ1n) is 7.18. The fraction of sp³-hybridized carbons (Fsp3) is 0.235. The molecule has 0 fully saturated rings. The lowest BCUT2D eigenvalue weighted by Crippen LogP contribution is -2.23. The number of carbonyl (C=O) groups excluding carboxylic acids is 1. The molecule has 1 N–H and O–H groups in total. The third-order valence-electron chi connectivity index (χ3n) is 3.23. The van der Waals surface area contributed by atoms with E-state index in [2.05, 4.69) is 21.2 Å². The van der Waals surface area contributed by atoms with Crippen LogP contribution in [0, 0.1) is 5.82 Å². The Kier molecular flexibility index (Phi) is 6.45. The molecule has 7 heteroatoms. The Balaban J connectivity index is 2.17. The summed E-state index contributed by atoms with van der Waals surface area (Å²) < 4.78 is 25.1.